The van der Waals surface area contributed by atoms with Gasteiger partial charge in [-0.15, -0.1) is 10.2 Å². The molecule has 1 fully saturated rings. The first-order valence-corrected chi connectivity index (χ1v) is 10.7. The Hall–Kier alpha value is -2.99. The predicted octanol–water partition coefficient (Wildman–Crippen LogP) is 2.64. The predicted molar refractivity (Wildman–Crippen MR) is 99.7 cm³/mol. The molecule has 12 heteroatoms. The van der Waals surface area contributed by atoms with Gasteiger partial charge in [-0.25, -0.2) is 31.3 Å². The highest BCUT2D eigenvalue weighted by molar-refractivity contribution is 7.89. The maximum atomic E-state index is 13.4. The number of nitrogens with zero attached hydrogens (tertiary/aromatic N) is 4. The lowest BCUT2D eigenvalue weighted by Crippen LogP contribution is -2.33. The van der Waals surface area contributed by atoms with Gasteiger partial charge in [-0.1, -0.05) is 0 Å². The minimum atomic E-state index is -4.22. The zero-order valence-electron chi connectivity index (χ0n) is 15.3. The van der Waals surface area contributed by atoms with Crippen molar-refractivity contribution in [2.24, 2.45) is 0 Å². The van der Waals surface area contributed by atoms with Crippen LogP contribution in [0.25, 0.3) is 16.8 Å². The summed E-state index contributed by atoms with van der Waals surface area (Å²) < 4.78 is 69.4. The van der Waals surface area contributed by atoms with Crippen LogP contribution in [0.15, 0.2) is 35.5 Å². The third-order valence-corrected chi connectivity index (χ3v) is 6.85. The van der Waals surface area contributed by atoms with E-state index in [2.05, 4.69) is 24.9 Å². The van der Waals surface area contributed by atoms with Gasteiger partial charge < -0.3 is 4.98 Å². The summed E-state index contributed by atoms with van der Waals surface area (Å²) in [4.78, 5) is 6.63. The Morgan fingerprint density at radius 2 is 1.90 bits per heavy atom. The number of fused-ring (bicyclic) bond motifs is 3. The van der Waals surface area contributed by atoms with Gasteiger partial charge in [-0.05, 0) is 37.5 Å². The van der Waals surface area contributed by atoms with Crippen LogP contribution in [0, 0.1) is 17.5 Å². The van der Waals surface area contributed by atoms with Gasteiger partial charge in [0.15, 0.2) is 28.7 Å². The molecule has 4 aromatic rings. The molecule has 2 atom stereocenters. The fourth-order valence-corrected chi connectivity index (χ4v) is 5.27. The molecule has 1 aromatic carbocycles. The van der Waals surface area contributed by atoms with Crippen molar-refractivity contribution in [2.45, 2.75) is 36.1 Å². The Labute approximate surface area is 168 Å². The van der Waals surface area contributed by atoms with Crippen LogP contribution >= 0.6 is 0 Å². The molecule has 0 radical (unpaired) electrons. The first-order valence-electron chi connectivity index (χ1n) is 9.17. The van der Waals surface area contributed by atoms with Gasteiger partial charge in [-0.3, -0.25) is 4.40 Å². The number of benzene rings is 1. The second kappa shape index (κ2) is 6.77. The van der Waals surface area contributed by atoms with Crippen LogP contribution < -0.4 is 4.72 Å². The van der Waals surface area contributed by atoms with Gasteiger partial charge in [0, 0.05) is 18.2 Å². The number of aromatic amines is 1. The van der Waals surface area contributed by atoms with Crippen molar-refractivity contribution >= 4 is 26.8 Å². The molecule has 0 unspecified atom stereocenters. The highest BCUT2D eigenvalue weighted by Crippen LogP contribution is 2.35. The first-order chi connectivity index (χ1) is 14.3. The van der Waals surface area contributed by atoms with Crippen LogP contribution in [-0.4, -0.2) is 39.0 Å². The molecule has 156 valence electrons. The number of aromatic nitrogens is 5. The Kier molecular flexibility index (Phi) is 4.29. The molecule has 1 saturated carbocycles. The van der Waals surface area contributed by atoms with Crippen molar-refractivity contribution in [1.29, 1.82) is 0 Å². The Morgan fingerprint density at radius 1 is 1.13 bits per heavy atom. The van der Waals surface area contributed by atoms with Crippen LogP contribution in [0.1, 0.15) is 31.0 Å². The van der Waals surface area contributed by atoms with E-state index in [4.69, 9.17) is 0 Å². The summed E-state index contributed by atoms with van der Waals surface area (Å²) in [5, 5.41) is 8.42. The smallest absolute Gasteiger partial charge is 0.241 e. The number of sulfonamides is 1. The number of H-pyrrole nitrogens is 1. The maximum absolute atomic E-state index is 13.4. The second-order valence-electron chi connectivity index (χ2n) is 7.25. The van der Waals surface area contributed by atoms with Crippen molar-refractivity contribution in [2.75, 3.05) is 0 Å². The van der Waals surface area contributed by atoms with Crippen LogP contribution in [0.4, 0.5) is 13.2 Å². The quantitative estimate of drug-likeness (QED) is 0.479. The second-order valence-corrected chi connectivity index (χ2v) is 8.96. The first kappa shape index (κ1) is 19.0. The fraction of sp³-hybridized carbons (Fsp3) is 0.278. The third kappa shape index (κ3) is 3.03. The van der Waals surface area contributed by atoms with E-state index in [0.29, 0.717) is 48.5 Å². The lowest BCUT2D eigenvalue weighted by Gasteiger charge is -2.14. The van der Waals surface area contributed by atoms with Gasteiger partial charge in [0.25, 0.3) is 0 Å². The Morgan fingerprint density at radius 3 is 2.67 bits per heavy atom. The SMILES string of the molecule is O=S(=O)(N[C@H]1CC[C@@H](c2nnc3cnc4[nH]ccc4n23)C1)c1cc(F)c(F)c(F)c1. The van der Waals surface area contributed by atoms with E-state index >= 15 is 0 Å². The van der Waals surface area contributed by atoms with Gasteiger partial charge in [0.05, 0.1) is 16.6 Å². The van der Waals surface area contributed by atoms with Crippen molar-refractivity contribution in [3.05, 3.63) is 53.9 Å². The van der Waals surface area contributed by atoms with E-state index in [0.717, 1.165) is 5.52 Å². The van der Waals surface area contributed by atoms with Crippen molar-refractivity contribution in [3.8, 4) is 0 Å². The molecule has 0 amide bonds. The molecular formula is C18H15F3N6O2S. The molecule has 30 heavy (non-hydrogen) atoms. The van der Waals surface area contributed by atoms with Crippen LogP contribution in [0.5, 0.6) is 0 Å². The lowest BCUT2D eigenvalue weighted by molar-refractivity contribution is 0.442. The van der Waals surface area contributed by atoms with E-state index in [1.54, 1.807) is 12.4 Å². The zero-order chi connectivity index (χ0) is 21.0. The normalized spacial score (nSPS) is 19.8. The van der Waals surface area contributed by atoms with E-state index in [1.807, 2.05) is 10.5 Å². The lowest BCUT2D eigenvalue weighted by atomic mass is 10.1. The molecule has 5 rings (SSSR count). The summed E-state index contributed by atoms with van der Waals surface area (Å²) in [5.74, 6) is -4.20. The van der Waals surface area contributed by atoms with E-state index in [1.165, 1.54) is 0 Å². The summed E-state index contributed by atoms with van der Waals surface area (Å²) in [7, 11) is -4.22. The summed E-state index contributed by atoms with van der Waals surface area (Å²) in [5.41, 5.74) is 2.08. The molecule has 0 saturated heterocycles. The van der Waals surface area contributed by atoms with Gasteiger partial charge in [0.2, 0.25) is 10.0 Å². The topological polar surface area (TPSA) is 105 Å². The molecule has 3 aromatic heterocycles. The highest BCUT2D eigenvalue weighted by Gasteiger charge is 2.33. The third-order valence-electron chi connectivity index (χ3n) is 5.35. The summed E-state index contributed by atoms with van der Waals surface area (Å²) in [6.07, 6.45) is 4.94. The number of halogens is 3. The average molecular weight is 436 g/mol. The van der Waals surface area contributed by atoms with E-state index in [-0.39, 0.29) is 5.92 Å². The standard InChI is InChI=1S/C18H15F3N6O2S/c19-12-6-11(7-13(20)16(12)21)30(28,29)26-10-2-1-9(5-10)18-25-24-15-8-23-17-14(27(15)18)3-4-22-17/h3-4,6-10,22,26H,1-2,5H2/t9-,10+/m1/s1. The largest absolute Gasteiger partial charge is 0.345 e. The van der Waals surface area contributed by atoms with Crippen LogP contribution in [0.2, 0.25) is 0 Å². The van der Waals surface area contributed by atoms with E-state index < -0.39 is 38.4 Å². The van der Waals surface area contributed by atoms with E-state index in [9.17, 15) is 21.6 Å². The van der Waals surface area contributed by atoms with Gasteiger partial charge in [-0.2, -0.15) is 0 Å². The molecule has 1 aliphatic rings. The molecule has 8 nitrogen and oxygen atoms in total. The summed E-state index contributed by atoms with van der Waals surface area (Å²) in [6.45, 7) is 0. The number of nitrogens with one attached hydrogen (secondary N) is 2. The van der Waals surface area contributed by atoms with Crippen LogP contribution in [-0.2, 0) is 10.0 Å². The average Bonchev–Trinajstić information content (AvgIpc) is 3.43. The highest BCUT2D eigenvalue weighted by atomic mass is 32.2. The number of rotatable bonds is 4. The monoisotopic (exact) mass is 436 g/mol. The maximum Gasteiger partial charge on any atom is 0.241 e. The minimum Gasteiger partial charge on any atom is -0.345 e. The molecular weight excluding hydrogens is 421 g/mol. The van der Waals surface area contributed by atoms with Crippen molar-refractivity contribution < 1.29 is 21.6 Å². The minimum absolute atomic E-state index is 0.0742. The Balaban J connectivity index is 1.40. The zero-order valence-corrected chi connectivity index (χ0v) is 16.1. The summed E-state index contributed by atoms with van der Waals surface area (Å²) in [6, 6.07) is 2.32. The number of hydrogen-bond donors (Lipinski definition) is 2. The van der Waals surface area contributed by atoms with Gasteiger partial charge >= 0.3 is 0 Å². The molecule has 3 heterocycles. The molecule has 0 aliphatic heterocycles. The molecule has 2 N–H and O–H groups in total. The van der Waals surface area contributed by atoms with Gasteiger partial charge in [0.1, 0.15) is 5.82 Å². The summed E-state index contributed by atoms with van der Waals surface area (Å²) >= 11 is 0. The molecule has 1 aliphatic carbocycles. The molecule has 0 bridgehead atoms. The van der Waals surface area contributed by atoms with Crippen molar-refractivity contribution in [3.63, 3.8) is 0 Å². The Bertz CT molecular complexity index is 1360. The number of hydrogen-bond acceptors (Lipinski definition) is 5. The van der Waals surface area contributed by atoms with Crippen LogP contribution in [0.3, 0.4) is 0 Å². The molecule has 0 spiro atoms. The van der Waals surface area contributed by atoms with Crippen molar-refractivity contribution in [1.82, 2.24) is 29.3 Å². The fourth-order valence-electron chi connectivity index (χ4n) is 3.96.